The summed E-state index contributed by atoms with van der Waals surface area (Å²) in [5.41, 5.74) is 0.560. The van der Waals surface area contributed by atoms with E-state index in [1.165, 1.54) is 0 Å². The van der Waals surface area contributed by atoms with Crippen LogP contribution in [0.4, 0.5) is 0 Å². The van der Waals surface area contributed by atoms with Gasteiger partial charge in [-0.05, 0) is 18.8 Å². The molecule has 0 saturated heterocycles. The molecule has 0 atom stereocenters. The highest BCUT2D eigenvalue weighted by Gasteiger charge is 2.06. The maximum absolute atomic E-state index is 8.57. The van der Waals surface area contributed by atoms with E-state index in [4.69, 9.17) is 10.0 Å². The molecule has 0 aliphatic heterocycles. The monoisotopic (exact) mass is 140 g/mol. The lowest BCUT2D eigenvalue weighted by Gasteiger charge is -1.93. The van der Waals surface area contributed by atoms with Crippen molar-refractivity contribution in [3.8, 4) is 0 Å². The van der Waals surface area contributed by atoms with Crippen molar-refractivity contribution < 1.29 is 10.0 Å². The van der Waals surface area contributed by atoms with Crippen LogP contribution in [0.5, 0.6) is 0 Å². The molecule has 0 aliphatic carbocycles. The van der Waals surface area contributed by atoms with Crippen LogP contribution in [0.3, 0.4) is 0 Å². The van der Waals surface area contributed by atoms with Gasteiger partial charge in [0.25, 0.3) is 0 Å². The Kier molecular flexibility index (Phi) is 4.98. The second kappa shape index (κ2) is 5.27. The van der Waals surface area contributed by atoms with Gasteiger partial charge in [0.05, 0.1) is 0 Å². The van der Waals surface area contributed by atoms with E-state index < -0.39 is 7.12 Å². The zero-order chi connectivity index (χ0) is 7.98. The molecular formula is C7H13BO2. The molecule has 0 aromatic carbocycles. The predicted molar refractivity (Wildman–Crippen MR) is 43.4 cm³/mol. The first-order valence-corrected chi connectivity index (χ1v) is 3.38. The summed E-state index contributed by atoms with van der Waals surface area (Å²) in [7, 11) is -1.32. The van der Waals surface area contributed by atoms with E-state index in [2.05, 4.69) is 0 Å². The molecule has 56 valence electrons. The van der Waals surface area contributed by atoms with Crippen LogP contribution < -0.4 is 0 Å². The first kappa shape index (κ1) is 9.46. The molecule has 0 bridgehead atoms. The molecule has 0 saturated carbocycles. The summed E-state index contributed by atoms with van der Waals surface area (Å²) in [4.78, 5) is 0. The Bertz CT molecular complexity index is 139. The summed E-state index contributed by atoms with van der Waals surface area (Å²) in [5, 5.41) is 17.1. The summed E-state index contributed by atoms with van der Waals surface area (Å²) < 4.78 is 0. The van der Waals surface area contributed by atoms with Gasteiger partial charge in [0.15, 0.2) is 0 Å². The van der Waals surface area contributed by atoms with E-state index in [0.29, 0.717) is 5.47 Å². The highest BCUT2D eigenvalue weighted by atomic mass is 16.4. The normalized spacial score (nSPS) is 12.6. The molecule has 0 heterocycles. The second-order valence-electron chi connectivity index (χ2n) is 2.12. The van der Waals surface area contributed by atoms with Crippen LogP contribution in [0.1, 0.15) is 20.3 Å². The van der Waals surface area contributed by atoms with Crippen molar-refractivity contribution in [2.24, 2.45) is 0 Å². The molecule has 0 unspecified atom stereocenters. The highest BCUT2D eigenvalue weighted by Crippen LogP contribution is 1.94. The zero-order valence-corrected chi connectivity index (χ0v) is 6.41. The lowest BCUT2D eigenvalue weighted by atomic mass is 9.80. The van der Waals surface area contributed by atoms with Gasteiger partial charge in [-0.3, -0.25) is 0 Å². The third-order valence-corrected chi connectivity index (χ3v) is 1.14. The van der Waals surface area contributed by atoms with Crippen molar-refractivity contribution in [1.29, 1.82) is 0 Å². The lowest BCUT2D eigenvalue weighted by molar-refractivity contribution is 0.419. The Morgan fingerprint density at radius 2 is 2.10 bits per heavy atom. The minimum absolute atomic E-state index is 0.560. The van der Waals surface area contributed by atoms with Crippen molar-refractivity contribution >= 4 is 7.12 Å². The van der Waals surface area contributed by atoms with Gasteiger partial charge in [-0.1, -0.05) is 25.2 Å². The Balaban J connectivity index is 3.79. The van der Waals surface area contributed by atoms with Crippen LogP contribution in [0.25, 0.3) is 0 Å². The molecule has 10 heavy (non-hydrogen) atoms. The minimum atomic E-state index is -1.32. The summed E-state index contributed by atoms with van der Waals surface area (Å²) in [5.74, 6) is 0. The molecule has 0 radical (unpaired) electrons. The van der Waals surface area contributed by atoms with Crippen molar-refractivity contribution in [2.75, 3.05) is 0 Å². The van der Waals surface area contributed by atoms with E-state index in [9.17, 15) is 0 Å². The number of hydrogen-bond acceptors (Lipinski definition) is 2. The first-order valence-electron chi connectivity index (χ1n) is 3.38. The largest absolute Gasteiger partial charge is 0.483 e. The SMILES string of the molecule is CC/C=C\C=C(/C)B(O)O. The molecule has 0 rings (SSSR count). The molecule has 3 heteroatoms. The standard InChI is InChI=1S/C7H13BO2/c1-3-4-5-6-7(2)8(9)10/h4-6,9-10H,3H2,1-2H3/b5-4-,7-6+. The predicted octanol–water partition coefficient (Wildman–Crippen LogP) is 0.911. The molecule has 0 aromatic heterocycles. The van der Waals surface area contributed by atoms with Gasteiger partial charge in [0.2, 0.25) is 0 Å². The average molecular weight is 140 g/mol. The van der Waals surface area contributed by atoms with Gasteiger partial charge in [-0.15, -0.1) is 0 Å². The van der Waals surface area contributed by atoms with Crippen molar-refractivity contribution in [2.45, 2.75) is 20.3 Å². The summed E-state index contributed by atoms with van der Waals surface area (Å²) >= 11 is 0. The molecule has 2 N–H and O–H groups in total. The fourth-order valence-electron chi connectivity index (χ4n) is 0.442. The first-order chi connectivity index (χ1) is 4.68. The lowest BCUT2D eigenvalue weighted by Crippen LogP contribution is -2.12. The van der Waals surface area contributed by atoms with Gasteiger partial charge in [0, 0.05) is 0 Å². The molecule has 0 spiro atoms. The van der Waals surface area contributed by atoms with Gasteiger partial charge in [-0.2, -0.15) is 0 Å². The van der Waals surface area contributed by atoms with E-state index in [0.717, 1.165) is 6.42 Å². The number of allylic oxidation sites excluding steroid dienone is 4. The third kappa shape index (κ3) is 4.35. The van der Waals surface area contributed by atoms with Gasteiger partial charge >= 0.3 is 7.12 Å². The van der Waals surface area contributed by atoms with Gasteiger partial charge in [0.1, 0.15) is 0 Å². The minimum Gasteiger partial charge on any atom is -0.423 e. The van der Waals surface area contributed by atoms with Crippen molar-refractivity contribution in [3.05, 3.63) is 23.7 Å². The van der Waals surface area contributed by atoms with Crippen LogP contribution in [-0.2, 0) is 0 Å². The number of hydrogen-bond donors (Lipinski definition) is 2. The molecule has 0 aliphatic rings. The van der Waals surface area contributed by atoms with E-state index >= 15 is 0 Å². The Hall–Kier alpha value is -0.535. The van der Waals surface area contributed by atoms with E-state index in [-0.39, 0.29) is 0 Å². The molecule has 0 aromatic rings. The highest BCUT2D eigenvalue weighted by molar-refractivity contribution is 6.50. The molecule has 2 nitrogen and oxygen atoms in total. The van der Waals surface area contributed by atoms with Crippen LogP contribution in [0.2, 0.25) is 0 Å². The summed E-state index contributed by atoms with van der Waals surface area (Å²) in [6.07, 6.45) is 6.42. The topological polar surface area (TPSA) is 40.5 Å². The Morgan fingerprint density at radius 1 is 1.50 bits per heavy atom. The fraction of sp³-hybridized carbons (Fsp3) is 0.429. The fourth-order valence-corrected chi connectivity index (χ4v) is 0.442. The van der Waals surface area contributed by atoms with Crippen molar-refractivity contribution in [3.63, 3.8) is 0 Å². The maximum Gasteiger partial charge on any atom is 0.483 e. The van der Waals surface area contributed by atoms with E-state index in [1.807, 2.05) is 19.1 Å². The number of rotatable bonds is 3. The maximum atomic E-state index is 8.57. The second-order valence-corrected chi connectivity index (χ2v) is 2.12. The summed E-state index contributed by atoms with van der Waals surface area (Å²) in [6.45, 7) is 3.69. The Morgan fingerprint density at radius 3 is 2.50 bits per heavy atom. The smallest absolute Gasteiger partial charge is 0.423 e. The summed E-state index contributed by atoms with van der Waals surface area (Å²) in [6, 6.07) is 0. The molecule has 0 amide bonds. The van der Waals surface area contributed by atoms with Crippen LogP contribution in [0.15, 0.2) is 23.7 Å². The van der Waals surface area contributed by atoms with Crippen LogP contribution in [-0.4, -0.2) is 17.2 Å². The molecular weight excluding hydrogens is 127 g/mol. The Labute approximate surface area is 62.0 Å². The third-order valence-electron chi connectivity index (χ3n) is 1.14. The van der Waals surface area contributed by atoms with E-state index in [1.54, 1.807) is 13.0 Å². The van der Waals surface area contributed by atoms with Gasteiger partial charge in [-0.25, -0.2) is 0 Å². The zero-order valence-electron chi connectivity index (χ0n) is 6.41. The van der Waals surface area contributed by atoms with Crippen LogP contribution >= 0.6 is 0 Å². The quantitative estimate of drug-likeness (QED) is 0.451. The van der Waals surface area contributed by atoms with Crippen LogP contribution in [0, 0.1) is 0 Å². The van der Waals surface area contributed by atoms with Crippen molar-refractivity contribution in [1.82, 2.24) is 0 Å². The molecule has 0 fully saturated rings. The average Bonchev–Trinajstić information content (AvgIpc) is 1.88. The van der Waals surface area contributed by atoms with Gasteiger partial charge < -0.3 is 10.0 Å².